The van der Waals surface area contributed by atoms with Gasteiger partial charge in [0.2, 0.25) is 5.82 Å². The molecule has 49 heavy (non-hydrogen) atoms. The van der Waals surface area contributed by atoms with Gasteiger partial charge in [0.15, 0.2) is 11.4 Å². The van der Waals surface area contributed by atoms with Gasteiger partial charge in [-0.2, -0.15) is 22.0 Å². The number of benzene rings is 3. The van der Waals surface area contributed by atoms with Gasteiger partial charge in [-0.1, -0.05) is 72.4 Å². The lowest BCUT2D eigenvalue weighted by Crippen LogP contribution is -2.35. The summed E-state index contributed by atoms with van der Waals surface area (Å²) in [6.07, 6.45) is -5.78. The molecule has 3 N–H and O–H groups in total. The monoisotopic (exact) mass is 687 g/mol. The molecule has 5 rings (SSSR count). The maximum atomic E-state index is 14.4. The fourth-order valence-corrected chi connectivity index (χ4v) is 5.01. The fourth-order valence-electron chi connectivity index (χ4n) is 5.01. The quantitative estimate of drug-likeness (QED) is 0.108. The number of hydrogen-bond acceptors (Lipinski definition) is 10. The number of alkyl halides is 5. The number of rotatable bonds is 12. The topological polar surface area (TPSA) is 169 Å². The van der Waals surface area contributed by atoms with Crippen molar-refractivity contribution >= 4 is 11.9 Å². The van der Waals surface area contributed by atoms with E-state index in [0.29, 0.717) is 34.2 Å². The number of aromatic nitrogens is 6. The Morgan fingerprint density at radius 1 is 0.918 bits per heavy atom. The normalized spacial score (nSPS) is 12.1. The number of nitrogens with zero attached hydrogens (tertiary/aromatic N) is 7. The smallest absolute Gasteiger partial charge is 0.459 e. The van der Waals surface area contributed by atoms with E-state index >= 15 is 0 Å². The van der Waals surface area contributed by atoms with E-state index in [1.165, 1.54) is 12.1 Å². The molecular formula is C31H26F5N7O6. The third-order valence-electron chi connectivity index (χ3n) is 7.27. The van der Waals surface area contributed by atoms with Gasteiger partial charge in [0.1, 0.15) is 5.82 Å². The van der Waals surface area contributed by atoms with Crippen LogP contribution >= 0.6 is 0 Å². The highest BCUT2D eigenvalue weighted by molar-refractivity contribution is 5.95. The van der Waals surface area contributed by atoms with Crippen LogP contribution in [0.2, 0.25) is 0 Å². The van der Waals surface area contributed by atoms with Gasteiger partial charge in [-0.15, -0.1) is 10.2 Å². The molecule has 0 unspecified atom stereocenters. The molecule has 2 heterocycles. The molecule has 0 bridgehead atoms. The van der Waals surface area contributed by atoms with E-state index in [2.05, 4.69) is 25.2 Å². The van der Waals surface area contributed by atoms with E-state index < -0.39 is 40.8 Å². The molecule has 0 saturated carbocycles. The Hall–Kier alpha value is -5.43. The summed E-state index contributed by atoms with van der Waals surface area (Å²) in [4.78, 5) is 33.9. The maximum Gasteiger partial charge on any atom is 0.459 e. The van der Waals surface area contributed by atoms with E-state index in [1.807, 2.05) is 0 Å². The largest absolute Gasteiger partial charge is 0.477 e. The summed E-state index contributed by atoms with van der Waals surface area (Å²) >= 11 is 0. The van der Waals surface area contributed by atoms with Crippen molar-refractivity contribution in [3.8, 4) is 22.5 Å². The first-order valence-corrected chi connectivity index (χ1v) is 14.4. The molecule has 2 aromatic heterocycles. The summed E-state index contributed by atoms with van der Waals surface area (Å²) in [6.45, 7) is 1.06. The molecule has 5 aromatic rings. The van der Waals surface area contributed by atoms with Crippen LogP contribution in [-0.4, -0.2) is 68.7 Å². The summed E-state index contributed by atoms with van der Waals surface area (Å²) in [6, 6.07) is 19.4. The molecule has 18 heteroatoms. The molecule has 0 spiro atoms. The van der Waals surface area contributed by atoms with Crippen molar-refractivity contribution in [1.82, 2.24) is 35.1 Å². The molecule has 0 fully saturated rings. The molecule has 256 valence electrons. The minimum atomic E-state index is -6.05. The highest BCUT2D eigenvalue weighted by atomic mass is 19.4. The van der Waals surface area contributed by atoms with Gasteiger partial charge >= 0.3 is 18.1 Å². The van der Waals surface area contributed by atoms with Gasteiger partial charge in [0.25, 0.3) is 5.91 Å². The van der Waals surface area contributed by atoms with Crippen molar-refractivity contribution in [1.29, 1.82) is 0 Å². The molecule has 0 amide bonds. The first-order valence-electron chi connectivity index (χ1n) is 14.4. The maximum absolute atomic E-state index is 14.4. The minimum absolute atomic E-state index is 0.0398. The molecule has 0 aliphatic heterocycles. The molecule has 0 aliphatic carbocycles. The third kappa shape index (κ3) is 7.36. The van der Waals surface area contributed by atoms with E-state index in [1.54, 1.807) is 67.6 Å². The van der Waals surface area contributed by atoms with Gasteiger partial charge in [-0.05, 0) is 46.0 Å². The standard InChI is InChI=1S/C31H26F5N7O6/c1-2-6-24-37-26(30(32,33)31(34,35)36)25(29(45)46)41(24)16-18-11-13-20(14-12-18)22-9-3-4-10-23(22)27-38-40-42(39-27)28(44)21-8-5-7-19(15-21)17-49-43(47)48/h3-5,7-15,47-48H,2,6,16-17H2,1H3,(H,45,46). The summed E-state index contributed by atoms with van der Waals surface area (Å²) in [7, 11) is 0. The Labute approximate surface area is 273 Å². The SMILES string of the molecule is CCCc1nc(C(F)(F)C(F)(F)F)c(C(=O)O)n1Cc1ccc(-c2ccccc2-c2nnn(C(=O)c3cccc(CON(O)O)c3)n2)cc1. The average Bonchev–Trinajstić information content (AvgIpc) is 3.70. The van der Waals surface area contributed by atoms with Crippen molar-refractivity contribution in [2.75, 3.05) is 0 Å². The first-order chi connectivity index (χ1) is 23.2. The molecule has 13 nitrogen and oxygen atoms in total. The summed E-state index contributed by atoms with van der Waals surface area (Å²) in [5.74, 6) is -8.22. The zero-order valence-corrected chi connectivity index (χ0v) is 25.3. The Morgan fingerprint density at radius 3 is 2.24 bits per heavy atom. The Morgan fingerprint density at radius 2 is 1.61 bits per heavy atom. The number of hydrogen-bond donors (Lipinski definition) is 3. The zero-order chi connectivity index (χ0) is 35.5. The van der Waals surface area contributed by atoms with Crippen LogP contribution in [0, 0.1) is 0 Å². The van der Waals surface area contributed by atoms with Crippen LogP contribution in [0.4, 0.5) is 22.0 Å². The average molecular weight is 688 g/mol. The number of halogens is 5. The van der Waals surface area contributed by atoms with Crippen molar-refractivity contribution in [2.24, 2.45) is 0 Å². The van der Waals surface area contributed by atoms with Crippen molar-refractivity contribution < 1.29 is 51.9 Å². The van der Waals surface area contributed by atoms with Gasteiger partial charge in [-0.25, -0.2) is 14.6 Å². The summed E-state index contributed by atoms with van der Waals surface area (Å²) < 4.78 is 69.2. The van der Waals surface area contributed by atoms with Gasteiger partial charge in [0.05, 0.1) is 12.0 Å². The first kappa shape index (κ1) is 34.9. The predicted molar refractivity (Wildman–Crippen MR) is 157 cm³/mol. The van der Waals surface area contributed by atoms with Crippen molar-refractivity contribution in [3.05, 3.63) is 107 Å². The number of carboxylic acids is 1. The fraction of sp³-hybridized carbons (Fsp3) is 0.226. The number of aryl methyl sites for hydroxylation is 1. The molecular weight excluding hydrogens is 661 g/mol. The van der Waals surface area contributed by atoms with Crippen molar-refractivity contribution in [2.45, 2.75) is 45.0 Å². The van der Waals surface area contributed by atoms with Crippen LogP contribution in [0.15, 0.2) is 72.8 Å². The van der Waals surface area contributed by atoms with Gasteiger partial charge in [0, 0.05) is 24.1 Å². The molecule has 0 aliphatic rings. The van der Waals surface area contributed by atoms with Crippen LogP contribution in [0.25, 0.3) is 22.5 Å². The van der Waals surface area contributed by atoms with Gasteiger partial charge in [-0.3, -0.25) is 15.2 Å². The van der Waals surface area contributed by atoms with Crippen LogP contribution in [0.3, 0.4) is 0 Å². The van der Waals surface area contributed by atoms with Crippen molar-refractivity contribution in [3.63, 3.8) is 0 Å². The third-order valence-corrected chi connectivity index (χ3v) is 7.27. The minimum Gasteiger partial charge on any atom is -0.477 e. The number of aromatic carboxylic acids is 1. The predicted octanol–water partition coefficient (Wildman–Crippen LogP) is 5.76. The summed E-state index contributed by atoms with van der Waals surface area (Å²) in [5, 5.41) is 38.9. The Kier molecular flexibility index (Phi) is 9.95. The highest BCUT2D eigenvalue weighted by Crippen LogP contribution is 2.45. The number of carbonyl (C=O) groups is 2. The van der Waals surface area contributed by atoms with E-state index in [0.717, 1.165) is 9.36 Å². The lowest BCUT2D eigenvalue weighted by molar-refractivity contribution is -0.497. The number of carboxylic acid groups (broad SMARTS) is 1. The second kappa shape index (κ2) is 14.0. The number of carbonyl (C=O) groups excluding carboxylic acids is 1. The number of tetrazole rings is 1. The lowest BCUT2D eigenvalue weighted by Gasteiger charge is -2.18. The van der Waals surface area contributed by atoms with E-state index in [4.69, 9.17) is 10.4 Å². The lowest BCUT2D eigenvalue weighted by atomic mass is 9.98. The molecule has 0 atom stereocenters. The van der Waals surface area contributed by atoms with Crippen LogP contribution < -0.4 is 0 Å². The molecule has 0 radical (unpaired) electrons. The Balaban J connectivity index is 1.42. The van der Waals surface area contributed by atoms with Crippen LogP contribution in [-0.2, 0) is 30.3 Å². The van der Waals surface area contributed by atoms with Crippen LogP contribution in [0.1, 0.15) is 56.8 Å². The second-order valence-corrected chi connectivity index (χ2v) is 10.6. The van der Waals surface area contributed by atoms with E-state index in [-0.39, 0.29) is 36.8 Å². The highest BCUT2D eigenvalue weighted by Gasteiger charge is 2.62. The molecule has 3 aromatic carbocycles. The second-order valence-electron chi connectivity index (χ2n) is 10.6. The summed E-state index contributed by atoms with van der Waals surface area (Å²) in [5.41, 5.74) is -0.405. The van der Waals surface area contributed by atoms with Gasteiger partial charge < -0.3 is 9.67 Å². The zero-order valence-electron chi connectivity index (χ0n) is 25.3. The van der Waals surface area contributed by atoms with E-state index in [9.17, 15) is 36.6 Å². The Bertz CT molecular complexity index is 1980. The number of imidazole rings is 1. The van der Waals surface area contributed by atoms with Crippen LogP contribution in [0.5, 0.6) is 0 Å². The molecule has 0 saturated heterocycles.